The smallest absolute Gasteiger partial charge is 0.314 e. The minimum absolute atomic E-state index is 0.191. The van der Waals surface area contributed by atoms with E-state index < -0.39 is 5.92 Å². The second-order valence-electron chi connectivity index (χ2n) is 4.71. The molecule has 0 bridgehead atoms. The minimum Gasteiger partial charge on any atom is -0.496 e. The number of hydrogen-bond acceptors (Lipinski definition) is 5. The van der Waals surface area contributed by atoms with E-state index in [1.54, 1.807) is 21.0 Å². The van der Waals surface area contributed by atoms with Crippen LogP contribution >= 0.6 is 0 Å². The number of carbonyl (C=O) groups excluding carboxylic acids is 1. The molecule has 1 N–H and O–H groups in total. The Morgan fingerprint density at radius 3 is 2.70 bits per heavy atom. The van der Waals surface area contributed by atoms with Crippen LogP contribution in [-0.4, -0.2) is 30.6 Å². The van der Waals surface area contributed by atoms with Gasteiger partial charge in [-0.05, 0) is 38.3 Å². The molecule has 0 saturated carbocycles. The van der Waals surface area contributed by atoms with E-state index >= 15 is 0 Å². The van der Waals surface area contributed by atoms with E-state index in [1.807, 2.05) is 24.3 Å². The molecule has 0 heterocycles. The Morgan fingerprint density at radius 1 is 1.40 bits per heavy atom. The number of nitrogens with zero attached hydrogens (tertiary/aromatic N) is 1. The van der Waals surface area contributed by atoms with Crippen LogP contribution < -0.4 is 4.74 Å². The summed E-state index contributed by atoms with van der Waals surface area (Å²) in [6.07, 6.45) is 2.15. The zero-order chi connectivity index (χ0) is 15.0. The quantitative estimate of drug-likeness (QED) is 0.360. The maximum atomic E-state index is 11.9. The van der Waals surface area contributed by atoms with E-state index in [9.17, 15) is 4.79 Å². The molecule has 0 aliphatic rings. The maximum Gasteiger partial charge on any atom is 0.314 e. The lowest BCUT2D eigenvalue weighted by Gasteiger charge is -2.14. The summed E-state index contributed by atoms with van der Waals surface area (Å²) in [7, 11) is 1.61. The van der Waals surface area contributed by atoms with Gasteiger partial charge in [0.25, 0.3) is 0 Å². The zero-order valence-corrected chi connectivity index (χ0v) is 12.1. The molecule has 0 aliphatic heterocycles. The Hall–Kier alpha value is -2.04. The third kappa shape index (κ3) is 4.91. The monoisotopic (exact) mass is 279 g/mol. The summed E-state index contributed by atoms with van der Waals surface area (Å²) in [4.78, 5) is 11.9. The number of benzene rings is 1. The van der Waals surface area contributed by atoms with E-state index in [4.69, 9.17) is 14.7 Å². The molecule has 0 saturated heterocycles. The van der Waals surface area contributed by atoms with E-state index in [0.717, 1.165) is 11.3 Å². The number of ether oxygens (including phenoxy) is 2. The molecule has 1 atom stereocenters. The predicted molar refractivity (Wildman–Crippen MR) is 76.3 cm³/mol. The zero-order valence-electron chi connectivity index (χ0n) is 12.1. The standard InChI is InChI=1S/C15H21NO4/c1-11(2)20-15(17)13(10-16-18)9-8-12-6-4-5-7-14(12)19-3/h4-7,10-11,13,18H,8-9H2,1-3H3/b16-10-. The fourth-order valence-electron chi connectivity index (χ4n) is 1.87. The first-order chi connectivity index (χ1) is 9.58. The molecule has 1 aromatic carbocycles. The maximum absolute atomic E-state index is 11.9. The number of aryl methyl sites for hydroxylation is 1. The highest BCUT2D eigenvalue weighted by Gasteiger charge is 2.20. The normalized spacial score (nSPS) is 12.6. The number of oxime groups is 1. The summed E-state index contributed by atoms with van der Waals surface area (Å²) in [6.45, 7) is 3.57. The molecule has 0 fully saturated rings. The Bertz CT molecular complexity index is 457. The van der Waals surface area contributed by atoms with Crippen LogP contribution in [0.1, 0.15) is 25.8 Å². The lowest BCUT2D eigenvalue weighted by atomic mass is 10.00. The Morgan fingerprint density at radius 2 is 2.10 bits per heavy atom. The summed E-state index contributed by atoms with van der Waals surface area (Å²) in [5.41, 5.74) is 1.00. The SMILES string of the molecule is COc1ccccc1CCC(/C=N\O)C(=O)OC(C)C. The largest absolute Gasteiger partial charge is 0.496 e. The van der Waals surface area contributed by atoms with Gasteiger partial charge in [-0.25, -0.2) is 0 Å². The summed E-state index contributed by atoms with van der Waals surface area (Å²) in [5.74, 6) is -0.163. The number of para-hydroxylation sites is 1. The molecule has 0 aromatic heterocycles. The van der Waals surface area contributed by atoms with Crippen LogP contribution in [0.25, 0.3) is 0 Å². The fourth-order valence-corrected chi connectivity index (χ4v) is 1.87. The highest BCUT2D eigenvalue weighted by atomic mass is 16.5. The molecule has 1 aromatic rings. The molecule has 110 valence electrons. The predicted octanol–water partition coefficient (Wildman–Crippen LogP) is 2.66. The molecule has 1 unspecified atom stereocenters. The lowest BCUT2D eigenvalue weighted by molar-refractivity contribution is -0.149. The van der Waals surface area contributed by atoms with E-state index in [2.05, 4.69) is 5.16 Å². The van der Waals surface area contributed by atoms with E-state index in [0.29, 0.717) is 12.8 Å². The molecule has 5 heteroatoms. The van der Waals surface area contributed by atoms with Crippen molar-refractivity contribution in [2.24, 2.45) is 11.1 Å². The molecule has 1 rings (SSSR count). The van der Waals surface area contributed by atoms with Crippen molar-refractivity contribution in [1.82, 2.24) is 0 Å². The number of hydrogen-bond donors (Lipinski definition) is 1. The number of esters is 1. The van der Waals surface area contributed by atoms with Gasteiger partial charge in [0.1, 0.15) is 5.75 Å². The molecule has 0 aliphatic carbocycles. The third-order valence-electron chi connectivity index (χ3n) is 2.82. The number of rotatable bonds is 7. The summed E-state index contributed by atoms with van der Waals surface area (Å²) < 4.78 is 10.4. The van der Waals surface area contributed by atoms with Crippen molar-refractivity contribution in [3.63, 3.8) is 0 Å². The van der Waals surface area contributed by atoms with Crippen molar-refractivity contribution in [2.45, 2.75) is 32.8 Å². The van der Waals surface area contributed by atoms with Gasteiger partial charge in [-0.15, -0.1) is 5.16 Å². The van der Waals surface area contributed by atoms with E-state index in [1.165, 1.54) is 6.21 Å². The molecule has 0 spiro atoms. The van der Waals surface area contributed by atoms with Crippen LogP contribution in [-0.2, 0) is 16.0 Å². The van der Waals surface area contributed by atoms with Crippen LogP contribution in [0.2, 0.25) is 0 Å². The number of carbonyl (C=O) groups is 1. The van der Waals surface area contributed by atoms with Gasteiger partial charge in [0.15, 0.2) is 0 Å². The fraction of sp³-hybridized carbons (Fsp3) is 0.467. The highest BCUT2D eigenvalue weighted by molar-refractivity contribution is 5.89. The van der Waals surface area contributed by atoms with Crippen LogP contribution in [0.4, 0.5) is 0 Å². The Balaban J connectivity index is 2.69. The van der Waals surface area contributed by atoms with Crippen LogP contribution in [0, 0.1) is 5.92 Å². The van der Waals surface area contributed by atoms with Gasteiger partial charge in [-0.2, -0.15) is 0 Å². The van der Waals surface area contributed by atoms with Gasteiger partial charge in [0.2, 0.25) is 0 Å². The Kier molecular flexibility index (Phi) is 6.56. The molecule has 0 amide bonds. The van der Waals surface area contributed by atoms with Gasteiger partial charge in [0.05, 0.1) is 25.3 Å². The first-order valence-electron chi connectivity index (χ1n) is 6.58. The Labute approximate surface area is 119 Å². The summed E-state index contributed by atoms with van der Waals surface area (Å²) in [5, 5.41) is 11.6. The van der Waals surface area contributed by atoms with Crippen LogP contribution in [0.15, 0.2) is 29.4 Å². The average molecular weight is 279 g/mol. The first-order valence-corrected chi connectivity index (χ1v) is 6.58. The highest BCUT2D eigenvalue weighted by Crippen LogP contribution is 2.21. The molecular weight excluding hydrogens is 258 g/mol. The van der Waals surface area contributed by atoms with Crippen molar-refractivity contribution in [1.29, 1.82) is 0 Å². The second kappa shape index (κ2) is 8.19. The second-order valence-corrected chi connectivity index (χ2v) is 4.71. The van der Waals surface area contributed by atoms with Crippen molar-refractivity contribution < 1.29 is 19.5 Å². The van der Waals surface area contributed by atoms with Crippen molar-refractivity contribution in [3.8, 4) is 5.75 Å². The van der Waals surface area contributed by atoms with Crippen LogP contribution in [0.5, 0.6) is 5.75 Å². The molecule has 20 heavy (non-hydrogen) atoms. The average Bonchev–Trinajstić information content (AvgIpc) is 2.42. The van der Waals surface area contributed by atoms with Gasteiger partial charge in [-0.3, -0.25) is 4.79 Å². The van der Waals surface area contributed by atoms with Crippen molar-refractivity contribution in [3.05, 3.63) is 29.8 Å². The lowest BCUT2D eigenvalue weighted by Crippen LogP contribution is -2.23. The van der Waals surface area contributed by atoms with Gasteiger partial charge in [-0.1, -0.05) is 18.2 Å². The van der Waals surface area contributed by atoms with Crippen molar-refractivity contribution >= 4 is 12.2 Å². The summed E-state index contributed by atoms with van der Waals surface area (Å²) in [6, 6.07) is 7.62. The van der Waals surface area contributed by atoms with Crippen molar-refractivity contribution in [2.75, 3.05) is 7.11 Å². The molecule has 0 radical (unpaired) electrons. The summed E-state index contributed by atoms with van der Waals surface area (Å²) >= 11 is 0. The third-order valence-corrected chi connectivity index (χ3v) is 2.82. The van der Waals surface area contributed by atoms with Gasteiger partial charge in [0, 0.05) is 0 Å². The number of methoxy groups -OCH3 is 1. The topological polar surface area (TPSA) is 68.1 Å². The van der Waals surface area contributed by atoms with Gasteiger partial charge < -0.3 is 14.7 Å². The molecular formula is C15H21NO4. The molecule has 5 nitrogen and oxygen atoms in total. The first kappa shape index (κ1) is 16.0. The van der Waals surface area contributed by atoms with Gasteiger partial charge >= 0.3 is 5.97 Å². The minimum atomic E-state index is -0.563. The van der Waals surface area contributed by atoms with Crippen LogP contribution in [0.3, 0.4) is 0 Å². The van der Waals surface area contributed by atoms with E-state index in [-0.39, 0.29) is 12.1 Å².